The van der Waals surface area contributed by atoms with E-state index < -0.39 is 11.6 Å². The van der Waals surface area contributed by atoms with Crippen molar-refractivity contribution in [2.45, 2.75) is 19.1 Å². The first-order valence-electron chi connectivity index (χ1n) is 6.04. The van der Waals surface area contributed by atoms with Gasteiger partial charge in [-0.15, -0.1) is 0 Å². The highest BCUT2D eigenvalue weighted by Crippen LogP contribution is 2.16. The lowest BCUT2D eigenvalue weighted by atomic mass is 10.1. The van der Waals surface area contributed by atoms with Crippen molar-refractivity contribution < 1.29 is 18.3 Å². The largest absolute Gasteiger partial charge is 0.376 e. The molecule has 18 heavy (non-hydrogen) atoms. The van der Waals surface area contributed by atoms with Gasteiger partial charge < -0.3 is 14.8 Å². The molecule has 1 fully saturated rings. The van der Waals surface area contributed by atoms with Gasteiger partial charge in [0.25, 0.3) is 0 Å². The average molecular weight is 257 g/mol. The highest BCUT2D eigenvalue weighted by molar-refractivity contribution is 5.20. The average Bonchev–Trinajstić information content (AvgIpc) is 2.40. The summed E-state index contributed by atoms with van der Waals surface area (Å²) in [4.78, 5) is 0. The van der Waals surface area contributed by atoms with Gasteiger partial charge in [0.2, 0.25) is 0 Å². The highest BCUT2D eigenvalue weighted by Gasteiger charge is 2.16. The van der Waals surface area contributed by atoms with Crippen LogP contribution in [0.25, 0.3) is 0 Å². The predicted octanol–water partition coefficient (Wildman–Crippen LogP) is 2.03. The molecule has 0 saturated carbocycles. The van der Waals surface area contributed by atoms with Crippen molar-refractivity contribution in [3.05, 3.63) is 35.4 Å². The maximum atomic E-state index is 13.1. The van der Waals surface area contributed by atoms with Crippen LogP contribution in [0.15, 0.2) is 18.2 Å². The predicted molar refractivity (Wildman–Crippen MR) is 63.3 cm³/mol. The first-order valence-corrected chi connectivity index (χ1v) is 6.04. The van der Waals surface area contributed by atoms with Crippen LogP contribution >= 0.6 is 0 Å². The van der Waals surface area contributed by atoms with Crippen molar-refractivity contribution in [1.82, 2.24) is 5.32 Å². The van der Waals surface area contributed by atoms with Crippen molar-refractivity contribution >= 4 is 0 Å². The molecule has 1 aliphatic heterocycles. The molecule has 0 bridgehead atoms. The molecular weight excluding hydrogens is 240 g/mol. The molecule has 1 aromatic carbocycles. The number of rotatable bonds is 4. The van der Waals surface area contributed by atoms with Crippen LogP contribution in [0, 0.1) is 11.6 Å². The molecule has 0 radical (unpaired) electrons. The second-order valence-electron chi connectivity index (χ2n) is 4.37. The zero-order valence-electron chi connectivity index (χ0n) is 10.3. The minimum atomic E-state index is -0.824. The summed E-state index contributed by atoms with van der Waals surface area (Å²) in [7, 11) is 0. The van der Waals surface area contributed by atoms with E-state index in [-0.39, 0.29) is 12.1 Å². The van der Waals surface area contributed by atoms with E-state index >= 15 is 0 Å². The van der Waals surface area contributed by atoms with E-state index in [0.717, 1.165) is 6.07 Å². The van der Waals surface area contributed by atoms with Gasteiger partial charge in [-0.3, -0.25) is 0 Å². The molecule has 2 unspecified atom stereocenters. The third-order valence-electron chi connectivity index (χ3n) is 2.98. The minimum absolute atomic E-state index is 0.0199. The molecule has 1 aromatic rings. The van der Waals surface area contributed by atoms with Gasteiger partial charge in [0.1, 0.15) is 0 Å². The van der Waals surface area contributed by atoms with Crippen molar-refractivity contribution in [2.75, 3.05) is 26.4 Å². The molecule has 1 aliphatic rings. The Hall–Kier alpha value is -1.04. The van der Waals surface area contributed by atoms with E-state index in [0.29, 0.717) is 31.9 Å². The normalized spacial score (nSPS) is 21.8. The van der Waals surface area contributed by atoms with E-state index in [4.69, 9.17) is 9.47 Å². The molecule has 0 amide bonds. The van der Waals surface area contributed by atoms with Crippen LogP contribution in [0.3, 0.4) is 0 Å². The quantitative estimate of drug-likeness (QED) is 0.895. The molecule has 1 heterocycles. The van der Waals surface area contributed by atoms with Crippen LogP contribution in [0.1, 0.15) is 18.5 Å². The monoisotopic (exact) mass is 257 g/mol. The summed E-state index contributed by atoms with van der Waals surface area (Å²) in [5.41, 5.74) is 0.714. The first kappa shape index (κ1) is 13.4. The second kappa shape index (κ2) is 6.22. The second-order valence-corrected chi connectivity index (χ2v) is 4.37. The van der Waals surface area contributed by atoms with E-state index in [1.54, 1.807) is 6.07 Å². The van der Waals surface area contributed by atoms with E-state index in [9.17, 15) is 8.78 Å². The molecule has 1 N–H and O–H groups in total. The molecule has 1 saturated heterocycles. The smallest absolute Gasteiger partial charge is 0.159 e. The van der Waals surface area contributed by atoms with Gasteiger partial charge in [-0.25, -0.2) is 8.78 Å². The maximum absolute atomic E-state index is 13.1. The number of benzene rings is 1. The highest BCUT2D eigenvalue weighted by atomic mass is 19.2. The summed E-state index contributed by atoms with van der Waals surface area (Å²) in [5.74, 6) is -1.65. The van der Waals surface area contributed by atoms with Gasteiger partial charge in [-0.1, -0.05) is 6.07 Å². The van der Waals surface area contributed by atoms with E-state index in [1.807, 2.05) is 6.92 Å². The zero-order valence-corrected chi connectivity index (χ0v) is 10.3. The lowest BCUT2D eigenvalue weighted by Crippen LogP contribution is -2.38. The fraction of sp³-hybridized carbons (Fsp3) is 0.538. The number of nitrogens with one attached hydrogen (secondary N) is 1. The van der Waals surface area contributed by atoms with E-state index in [2.05, 4.69) is 5.32 Å². The van der Waals surface area contributed by atoms with Crippen LogP contribution in [0.4, 0.5) is 8.78 Å². The lowest BCUT2D eigenvalue weighted by Gasteiger charge is -2.25. The number of hydrogen-bond acceptors (Lipinski definition) is 3. The Morgan fingerprint density at radius 2 is 2.17 bits per heavy atom. The number of halogens is 2. The molecule has 3 nitrogen and oxygen atoms in total. The van der Waals surface area contributed by atoms with Gasteiger partial charge >= 0.3 is 0 Å². The third-order valence-corrected chi connectivity index (χ3v) is 2.98. The third kappa shape index (κ3) is 3.48. The number of hydrogen-bond donors (Lipinski definition) is 1. The van der Waals surface area contributed by atoms with Crippen LogP contribution < -0.4 is 5.32 Å². The fourth-order valence-corrected chi connectivity index (χ4v) is 1.86. The van der Waals surface area contributed by atoms with Gasteiger partial charge in [-0.05, 0) is 24.6 Å². The Labute approximate surface area is 105 Å². The van der Waals surface area contributed by atoms with Gasteiger partial charge in [0.15, 0.2) is 11.6 Å². The lowest BCUT2D eigenvalue weighted by molar-refractivity contribution is -0.0869. The zero-order chi connectivity index (χ0) is 13.0. The Kier molecular flexibility index (Phi) is 4.63. The summed E-state index contributed by atoms with van der Waals surface area (Å²) in [5, 5.41) is 3.22. The molecule has 2 rings (SSSR count). The van der Waals surface area contributed by atoms with Crippen molar-refractivity contribution in [1.29, 1.82) is 0 Å². The molecule has 0 aliphatic carbocycles. The fourth-order valence-electron chi connectivity index (χ4n) is 1.86. The molecule has 0 aromatic heterocycles. The summed E-state index contributed by atoms with van der Waals surface area (Å²) in [6.45, 7) is 4.33. The Balaban J connectivity index is 1.86. The summed E-state index contributed by atoms with van der Waals surface area (Å²) in [6, 6.07) is 3.87. The van der Waals surface area contributed by atoms with E-state index in [1.165, 1.54) is 6.07 Å². The van der Waals surface area contributed by atoms with Crippen LogP contribution in [0.2, 0.25) is 0 Å². The van der Waals surface area contributed by atoms with Crippen molar-refractivity contribution in [3.63, 3.8) is 0 Å². The maximum Gasteiger partial charge on any atom is 0.159 e. The molecule has 2 atom stereocenters. The van der Waals surface area contributed by atoms with Gasteiger partial charge in [0, 0.05) is 12.6 Å². The molecule has 5 heteroatoms. The van der Waals surface area contributed by atoms with Crippen LogP contribution in [-0.4, -0.2) is 32.5 Å². The topological polar surface area (TPSA) is 30.5 Å². The first-order chi connectivity index (χ1) is 8.66. The summed E-state index contributed by atoms with van der Waals surface area (Å²) in [6.07, 6.45) is 0.0199. The minimum Gasteiger partial charge on any atom is -0.376 e. The van der Waals surface area contributed by atoms with Crippen LogP contribution in [0.5, 0.6) is 0 Å². The Morgan fingerprint density at radius 3 is 2.83 bits per heavy atom. The SMILES string of the molecule is CC(NCC1COCCO1)c1ccc(F)c(F)c1. The van der Waals surface area contributed by atoms with Crippen LogP contribution in [-0.2, 0) is 9.47 Å². The molecule has 0 spiro atoms. The summed E-state index contributed by atoms with van der Waals surface area (Å²) < 4.78 is 36.7. The van der Waals surface area contributed by atoms with Crippen molar-refractivity contribution in [3.8, 4) is 0 Å². The Bertz CT molecular complexity index is 395. The van der Waals surface area contributed by atoms with Gasteiger partial charge in [-0.2, -0.15) is 0 Å². The number of ether oxygens (including phenoxy) is 2. The summed E-state index contributed by atoms with van der Waals surface area (Å²) >= 11 is 0. The molecule has 100 valence electrons. The Morgan fingerprint density at radius 1 is 1.33 bits per heavy atom. The standard InChI is InChI=1S/C13H17F2NO2/c1-9(10-2-3-12(14)13(15)6-10)16-7-11-8-17-4-5-18-11/h2-3,6,9,11,16H,4-5,7-8H2,1H3. The van der Waals surface area contributed by atoms with Crippen molar-refractivity contribution in [2.24, 2.45) is 0 Å². The van der Waals surface area contributed by atoms with Gasteiger partial charge in [0.05, 0.1) is 25.9 Å². The molecular formula is C13H17F2NO2.